The molecule has 0 saturated heterocycles. The summed E-state index contributed by atoms with van der Waals surface area (Å²) < 4.78 is 13.1. The van der Waals surface area contributed by atoms with Gasteiger partial charge in [-0.3, -0.25) is 9.48 Å². The molecule has 1 amide bonds. The lowest BCUT2D eigenvalue weighted by Crippen LogP contribution is -2.28. The molecule has 2 heterocycles. The topological polar surface area (TPSA) is 73.4 Å². The fraction of sp³-hybridized carbons (Fsp3) is 0.381. The minimum absolute atomic E-state index is 0.208. The molecule has 2 aromatic heterocycles. The predicted molar refractivity (Wildman–Crippen MR) is 105 cm³/mol. The highest BCUT2D eigenvalue weighted by Gasteiger charge is 2.24. The number of carbonyl (C=O) groups excluding carboxylic acids is 1. The Morgan fingerprint density at radius 1 is 1.25 bits per heavy atom. The van der Waals surface area contributed by atoms with Gasteiger partial charge in [0.2, 0.25) is 0 Å². The smallest absolute Gasteiger partial charge is 0.276 e. The Labute approximate surface area is 164 Å². The third-order valence-electron chi connectivity index (χ3n) is 4.74. The quantitative estimate of drug-likeness (QED) is 0.623. The van der Waals surface area contributed by atoms with Crippen molar-refractivity contribution in [2.75, 3.05) is 7.05 Å². The molecule has 28 heavy (non-hydrogen) atoms. The van der Waals surface area contributed by atoms with E-state index in [0.717, 1.165) is 23.6 Å². The van der Waals surface area contributed by atoms with Gasteiger partial charge >= 0.3 is 0 Å². The van der Waals surface area contributed by atoms with Crippen molar-refractivity contribution >= 4 is 5.91 Å². The summed E-state index contributed by atoms with van der Waals surface area (Å²) in [6.45, 7) is 9.26. The summed E-state index contributed by atoms with van der Waals surface area (Å²) in [5.41, 5.74) is 4.14. The summed E-state index contributed by atoms with van der Waals surface area (Å²) >= 11 is 0. The number of hydrogen-bond donors (Lipinski definition) is 0. The van der Waals surface area contributed by atoms with Crippen LogP contribution in [-0.2, 0) is 19.7 Å². The first-order chi connectivity index (χ1) is 13.4. The summed E-state index contributed by atoms with van der Waals surface area (Å²) in [6.07, 6.45) is 1.74. The molecule has 7 nitrogen and oxygen atoms in total. The van der Waals surface area contributed by atoms with Gasteiger partial charge in [0.25, 0.3) is 5.91 Å². The van der Waals surface area contributed by atoms with Crippen molar-refractivity contribution in [2.24, 2.45) is 0 Å². The average Bonchev–Trinajstić information content (AvgIpc) is 3.26. The van der Waals surface area contributed by atoms with Gasteiger partial charge in [-0.05, 0) is 45.4 Å². The van der Waals surface area contributed by atoms with Gasteiger partial charge in [-0.15, -0.1) is 0 Å². The van der Waals surface area contributed by atoms with Gasteiger partial charge < -0.3 is 14.2 Å². The van der Waals surface area contributed by atoms with Crippen LogP contribution in [0.15, 0.2) is 35.0 Å². The van der Waals surface area contributed by atoms with E-state index in [-0.39, 0.29) is 18.2 Å². The van der Waals surface area contributed by atoms with Crippen LogP contribution in [-0.4, -0.2) is 32.8 Å². The highest BCUT2D eigenvalue weighted by Crippen LogP contribution is 2.23. The second-order valence-electron chi connectivity index (χ2n) is 6.92. The minimum atomic E-state index is -0.208. The molecule has 0 saturated carbocycles. The molecule has 148 valence electrons. The Kier molecular flexibility index (Phi) is 5.82. The summed E-state index contributed by atoms with van der Waals surface area (Å²) in [6, 6.07) is 7.91. The first kappa shape index (κ1) is 19.7. The van der Waals surface area contributed by atoms with Crippen LogP contribution in [0.2, 0.25) is 0 Å². The predicted octanol–water partition coefficient (Wildman–Crippen LogP) is 3.67. The van der Waals surface area contributed by atoms with Crippen molar-refractivity contribution in [1.82, 2.24) is 19.8 Å². The Balaban J connectivity index is 1.75. The van der Waals surface area contributed by atoms with E-state index >= 15 is 0 Å². The zero-order valence-corrected chi connectivity index (χ0v) is 17.0. The molecule has 0 atom stereocenters. The normalized spacial score (nSPS) is 10.9. The highest BCUT2D eigenvalue weighted by atomic mass is 16.5. The zero-order chi connectivity index (χ0) is 20.3. The number of rotatable bonds is 7. The van der Waals surface area contributed by atoms with Gasteiger partial charge in [0.15, 0.2) is 5.69 Å². The number of nitrogens with zero attached hydrogens (tertiary/aromatic N) is 4. The molecule has 0 bridgehead atoms. The number of hydrogen-bond acceptors (Lipinski definition) is 5. The summed E-state index contributed by atoms with van der Waals surface area (Å²) in [7, 11) is 1.74. The van der Waals surface area contributed by atoms with Gasteiger partial charge in [-0.1, -0.05) is 22.9 Å². The van der Waals surface area contributed by atoms with Crippen LogP contribution in [0.5, 0.6) is 5.75 Å². The van der Waals surface area contributed by atoms with Crippen molar-refractivity contribution in [2.45, 2.75) is 47.4 Å². The van der Waals surface area contributed by atoms with Crippen molar-refractivity contribution in [3.8, 4) is 5.75 Å². The molecule has 0 radical (unpaired) electrons. The van der Waals surface area contributed by atoms with Crippen LogP contribution in [0.4, 0.5) is 0 Å². The van der Waals surface area contributed by atoms with Crippen LogP contribution in [0.25, 0.3) is 0 Å². The van der Waals surface area contributed by atoms with E-state index in [1.807, 2.05) is 43.7 Å². The van der Waals surface area contributed by atoms with Crippen LogP contribution in [0, 0.1) is 20.8 Å². The Bertz CT molecular complexity index is 974. The van der Waals surface area contributed by atoms with Crippen molar-refractivity contribution in [1.29, 1.82) is 0 Å². The second-order valence-corrected chi connectivity index (χ2v) is 6.92. The molecule has 0 fully saturated rings. The lowest BCUT2D eigenvalue weighted by atomic mass is 10.1. The minimum Gasteiger partial charge on any atom is -0.488 e. The summed E-state index contributed by atoms with van der Waals surface area (Å²) in [5.74, 6) is 1.16. The van der Waals surface area contributed by atoms with Crippen molar-refractivity contribution < 1.29 is 14.1 Å². The number of benzene rings is 1. The fourth-order valence-electron chi connectivity index (χ4n) is 3.12. The van der Waals surface area contributed by atoms with Crippen LogP contribution in [0.3, 0.4) is 0 Å². The maximum atomic E-state index is 12.9. The maximum absolute atomic E-state index is 12.9. The monoisotopic (exact) mass is 382 g/mol. The average molecular weight is 382 g/mol. The van der Waals surface area contributed by atoms with Crippen molar-refractivity contribution in [3.05, 3.63) is 64.3 Å². The molecule has 0 aliphatic heterocycles. The van der Waals surface area contributed by atoms with Crippen molar-refractivity contribution in [3.63, 3.8) is 0 Å². The Morgan fingerprint density at radius 2 is 2.04 bits per heavy atom. The molecule has 7 heteroatoms. The van der Waals surface area contributed by atoms with Gasteiger partial charge in [0.1, 0.15) is 18.1 Å². The number of carbonyl (C=O) groups is 1. The molecule has 3 aromatic rings. The second kappa shape index (κ2) is 8.29. The van der Waals surface area contributed by atoms with Gasteiger partial charge in [-0.2, -0.15) is 5.10 Å². The third-order valence-corrected chi connectivity index (χ3v) is 4.74. The number of aromatic nitrogens is 3. The number of amides is 1. The molecular weight excluding hydrogens is 356 g/mol. The van der Waals surface area contributed by atoms with Gasteiger partial charge in [-0.25, -0.2) is 0 Å². The SMILES string of the molecule is CCn1nccc1CN(C)C(=O)c1noc(C)c1COc1ccc(C)cc1C. The Hall–Kier alpha value is -3.09. The van der Waals surface area contributed by atoms with Crippen LogP contribution in [0.1, 0.15) is 45.6 Å². The van der Waals surface area contributed by atoms with E-state index < -0.39 is 0 Å². The van der Waals surface area contributed by atoms with Crippen LogP contribution < -0.4 is 4.74 Å². The molecule has 0 unspecified atom stereocenters. The van der Waals surface area contributed by atoms with E-state index in [9.17, 15) is 4.79 Å². The standard InChI is InChI=1S/C21H26N4O3/c1-6-25-17(9-10-22-25)12-24(5)21(26)20-18(16(4)28-23-20)13-27-19-8-7-14(2)11-15(19)3/h7-11H,6,12-13H2,1-5H3. The van der Waals surface area contributed by atoms with Crippen LogP contribution >= 0.6 is 0 Å². The lowest BCUT2D eigenvalue weighted by molar-refractivity contribution is 0.0768. The van der Waals surface area contributed by atoms with E-state index in [2.05, 4.69) is 16.3 Å². The molecular formula is C21H26N4O3. The van der Waals surface area contributed by atoms with E-state index in [0.29, 0.717) is 17.9 Å². The molecule has 0 aliphatic carbocycles. The third kappa shape index (κ3) is 4.08. The molecule has 1 aromatic carbocycles. The zero-order valence-electron chi connectivity index (χ0n) is 17.0. The first-order valence-electron chi connectivity index (χ1n) is 9.32. The molecule has 0 spiro atoms. The fourth-order valence-corrected chi connectivity index (χ4v) is 3.12. The van der Waals surface area contributed by atoms with E-state index in [1.165, 1.54) is 5.56 Å². The summed E-state index contributed by atoms with van der Waals surface area (Å²) in [4.78, 5) is 14.6. The largest absolute Gasteiger partial charge is 0.488 e. The number of aryl methyl sites for hydroxylation is 4. The molecule has 0 aliphatic rings. The highest BCUT2D eigenvalue weighted by molar-refractivity contribution is 5.93. The Morgan fingerprint density at radius 3 is 2.75 bits per heavy atom. The van der Waals surface area contributed by atoms with E-state index in [1.54, 1.807) is 25.1 Å². The summed E-state index contributed by atoms with van der Waals surface area (Å²) in [5, 5.41) is 8.23. The van der Waals surface area contributed by atoms with Gasteiger partial charge in [0, 0.05) is 19.8 Å². The maximum Gasteiger partial charge on any atom is 0.276 e. The molecule has 0 N–H and O–H groups in total. The number of ether oxygens (including phenoxy) is 1. The van der Waals surface area contributed by atoms with Gasteiger partial charge in [0.05, 0.1) is 17.8 Å². The molecule has 3 rings (SSSR count). The lowest BCUT2D eigenvalue weighted by Gasteiger charge is -2.17. The van der Waals surface area contributed by atoms with E-state index in [4.69, 9.17) is 9.26 Å². The first-order valence-corrected chi connectivity index (χ1v) is 9.32.